The minimum absolute atomic E-state index is 0.0871. The highest BCUT2D eigenvalue weighted by molar-refractivity contribution is 8.03. The first-order valence-corrected chi connectivity index (χ1v) is 11.8. The van der Waals surface area contributed by atoms with Crippen LogP contribution in [-0.4, -0.2) is 71.4 Å². The first-order chi connectivity index (χ1) is 12.2. The fourth-order valence-corrected chi connectivity index (χ4v) is 5.90. The molecule has 1 aromatic rings. The van der Waals surface area contributed by atoms with Crippen LogP contribution in [-0.2, 0) is 9.53 Å². The summed E-state index contributed by atoms with van der Waals surface area (Å²) in [5.74, 6) is 0.492. The lowest BCUT2D eigenvalue weighted by atomic mass is 9.79. The molecule has 6 nitrogen and oxygen atoms in total. The summed E-state index contributed by atoms with van der Waals surface area (Å²) < 4.78 is 7.32. The van der Waals surface area contributed by atoms with E-state index in [9.17, 15) is 4.79 Å². The predicted molar refractivity (Wildman–Crippen MR) is 104 cm³/mol. The smallest absolute Gasteiger partial charge is 0.230 e. The molecule has 1 aromatic heterocycles. The molecule has 2 fully saturated rings. The highest BCUT2D eigenvalue weighted by Crippen LogP contribution is 2.34. The molecule has 0 unspecified atom stereocenters. The zero-order valence-electron chi connectivity index (χ0n) is 14.7. The van der Waals surface area contributed by atoms with Gasteiger partial charge in [0.2, 0.25) is 5.91 Å². The number of ether oxygens (including phenoxy) is 1. The van der Waals surface area contributed by atoms with Crippen molar-refractivity contribution in [1.82, 2.24) is 20.4 Å². The standard InChI is InChI=1S/C16H26N4O2S3/c1-23-14-18-19-15(25-14)24-11-13(21)17-12-16(5-3-2-4-6-16)20-7-9-22-10-8-20/h2-12H2,1H3,(H,17,21). The lowest BCUT2D eigenvalue weighted by Crippen LogP contribution is -2.59. The van der Waals surface area contributed by atoms with Gasteiger partial charge in [0.15, 0.2) is 8.68 Å². The Morgan fingerprint density at radius 3 is 2.64 bits per heavy atom. The Balaban J connectivity index is 1.50. The topological polar surface area (TPSA) is 67.4 Å². The summed E-state index contributed by atoms with van der Waals surface area (Å²) in [6.45, 7) is 4.32. The summed E-state index contributed by atoms with van der Waals surface area (Å²) in [6.07, 6.45) is 8.15. The SMILES string of the molecule is CSc1nnc(SCC(=O)NCC2(N3CCOCC3)CCCCC2)s1. The third-order valence-electron chi connectivity index (χ3n) is 4.97. The second kappa shape index (κ2) is 9.55. The molecule has 25 heavy (non-hydrogen) atoms. The van der Waals surface area contributed by atoms with Crippen molar-refractivity contribution in [3.05, 3.63) is 0 Å². The van der Waals surface area contributed by atoms with E-state index < -0.39 is 0 Å². The molecule has 2 heterocycles. The van der Waals surface area contributed by atoms with Crippen LogP contribution in [0, 0.1) is 0 Å². The maximum atomic E-state index is 12.3. The van der Waals surface area contributed by atoms with E-state index in [-0.39, 0.29) is 11.4 Å². The molecular weight excluding hydrogens is 376 g/mol. The van der Waals surface area contributed by atoms with Crippen molar-refractivity contribution in [3.8, 4) is 0 Å². The van der Waals surface area contributed by atoms with Crippen molar-refractivity contribution in [1.29, 1.82) is 0 Å². The van der Waals surface area contributed by atoms with Gasteiger partial charge in [-0.1, -0.05) is 54.1 Å². The monoisotopic (exact) mass is 402 g/mol. The van der Waals surface area contributed by atoms with Crippen LogP contribution in [0.3, 0.4) is 0 Å². The van der Waals surface area contributed by atoms with Crippen molar-refractivity contribution in [2.45, 2.75) is 46.3 Å². The van der Waals surface area contributed by atoms with Crippen molar-refractivity contribution < 1.29 is 9.53 Å². The summed E-state index contributed by atoms with van der Waals surface area (Å²) >= 11 is 4.60. The second-order valence-corrected chi connectivity index (χ2v) is 9.74. The van der Waals surface area contributed by atoms with E-state index in [0.717, 1.165) is 41.5 Å². The quantitative estimate of drug-likeness (QED) is 0.703. The molecular formula is C16H26N4O2S3. The van der Waals surface area contributed by atoms with Crippen LogP contribution in [0.2, 0.25) is 0 Å². The molecule has 0 spiro atoms. The van der Waals surface area contributed by atoms with Gasteiger partial charge in [-0.15, -0.1) is 10.2 Å². The minimum atomic E-state index is 0.0871. The van der Waals surface area contributed by atoms with E-state index in [1.807, 2.05) is 6.26 Å². The van der Waals surface area contributed by atoms with E-state index in [2.05, 4.69) is 20.4 Å². The summed E-state index contributed by atoms with van der Waals surface area (Å²) in [5, 5.41) is 11.4. The largest absolute Gasteiger partial charge is 0.379 e. The van der Waals surface area contributed by atoms with Gasteiger partial charge in [-0.2, -0.15) is 0 Å². The maximum absolute atomic E-state index is 12.3. The zero-order valence-corrected chi connectivity index (χ0v) is 17.1. The van der Waals surface area contributed by atoms with Gasteiger partial charge >= 0.3 is 0 Å². The van der Waals surface area contributed by atoms with E-state index in [1.54, 1.807) is 23.1 Å². The number of hydrogen-bond donors (Lipinski definition) is 1. The van der Waals surface area contributed by atoms with E-state index in [0.29, 0.717) is 5.75 Å². The Hall–Kier alpha value is -0.350. The van der Waals surface area contributed by atoms with Crippen molar-refractivity contribution >= 4 is 40.8 Å². The van der Waals surface area contributed by atoms with Gasteiger partial charge in [0.05, 0.1) is 19.0 Å². The number of aromatic nitrogens is 2. The molecule has 9 heteroatoms. The van der Waals surface area contributed by atoms with Crippen molar-refractivity contribution in [2.24, 2.45) is 0 Å². The lowest BCUT2D eigenvalue weighted by Gasteiger charge is -2.48. The maximum Gasteiger partial charge on any atom is 0.230 e. The second-order valence-electron chi connectivity index (χ2n) is 6.49. The van der Waals surface area contributed by atoms with E-state index in [1.165, 1.54) is 43.9 Å². The fraction of sp³-hybridized carbons (Fsp3) is 0.812. The number of carbonyl (C=O) groups is 1. The van der Waals surface area contributed by atoms with Gasteiger partial charge in [0.1, 0.15) is 0 Å². The van der Waals surface area contributed by atoms with Crippen LogP contribution < -0.4 is 5.32 Å². The van der Waals surface area contributed by atoms with E-state index in [4.69, 9.17) is 4.74 Å². The Morgan fingerprint density at radius 2 is 1.96 bits per heavy atom. The summed E-state index contributed by atoms with van der Waals surface area (Å²) in [4.78, 5) is 14.9. The van der Waals surface area contributed by atoms with Gasteiger partial charge in [-0.3, -0.25) is 9.69 Å². The van der Waals surface area contributed by atoms with Crippen LogP contribution >= 0.6 is 34.9 Å². The van der Waals surface area contributed by atoms with Gasteiger partial charge < -0.3 is 10.1 Å². The molecule has 140 valence electrons. The number of rotatable bonds is 7. The Bertz CT molecular complexity index is 557. The molecule has 1 saturated heterocycles. The Labute approximate surface area is 161 Å². The van der Waals surface area contributed by atoms with Crippen LogP contribution in [0.1, 0.15) is 32.1 Å². The molecule has 1 N–H and O–H groups in total. The molecule has 0 aromatic carbocycles. The number of amides is 1. The molecule has 1 amide bonds. The van der Waals surface area contributed by atoms with Gasteiger partial charge in [0.25, 0.3) is 0 Å². The summed E-state index contributed by atoms with van der Waals surface area (Å²) in [6, 6.07) is 0. The molecule has 0 radical (unpaired) electrons. The molecule has 1 saturated carbocycles. The first-order valence-electron chi connectivity index (χ1n) is 8.82. The normalized spacial score (nSPS) is 21.2. The zero-order chi connectivity index (χ0) is 17.5. The number of nitrogens with zero attached hydrogens (tertiary/aromatic N) is 3. The third-order valence-corrected chi connectivity index (χ3v) is 8.00. The van der Waals surface area contributed by atoms with E-state index >= 15 is 0 Å². The lowest BCUT2D eigenvalue weighted by molar-refractivity contribution is -0.119. The Kier molecular flexibility index (Phi) is 7.41. The predicted octanol–water partition coefficient (Wildman–Crippen LogP) is 2.50. The molecule has 1 aliphatic heterocycles. The number of thioether (sulfide) groups is 2. The highest BCUT2D eigenvalue weighted by Gasteiger charge is 2.38. The minimum Gasteiger partial charge on any atom is -0.379 e. The van der Waals surface area contributed by atoms with Crippen LogP contribution in [0.5, 0.6) is 0 Å². The van der Waals surface area contributed by atoms with Gasteiger partial charge in [-0.05, 0) is 19.1 Å². The Morgan fingerprint density at radius 1 is 1.24 bits per heavy atom. The van der Waals surface area contributed by atoms with Gasteiger partial charge in [-0.25, -0.2) is 0 Å². The average molecular weight is 403 g/mol. The van der Waals surface area contributed by atoms with Crippen molar-refractivity contribution in [3.63, 3.8) is 0 Å². The van der Waals surface area contributed by atoms with Crippen LogP contribution in [0.15, 0.2) is 8.68 Å². The highest BCUT2D eigenvalue weighted by atomic mass is 32.2. The van der Waals surface area contributed by atoms with Gasteiger partial charge in [0, 0.05) is 25.2 Å². The van der Waals surface area contributed by atoms with Crippen LogP contribution in [0.25, 0.3) is 0 Å². The molecule has 0 bridgehead atoms. The average Bonchev–Trinajstić information content (AvgIpc) is 3.14. The number of nitrogens with one attached hydrogen (secondary N) is 1. The number of morpholine rings is 1. The first kappa shape index (κ1) is 19.4. The molecule has 1 aliphatic carbocycles. The molecule has 2 aliphatic rings. The number of hydrogen-bond acceptors (Lipinski definition) is 8. The summed E-state index contributed by atoms with van der Waals surface area (Å²) in [7, 11) is 0. The third kappa shape index (κ3) is 5.32. The van der Waals surface area contributed by atoms with Crippen molar-refractivity contribution in [2.75, 3.05) is 44.9 Å². The fourth-order valence-electron chi connectivity index (χ4n) is 3.63. The molecule has 3 rings (SSSR count). The molecule has 0 atom stereocenters. The van der Waals surface area contributed by atoms with Crippen LogP contribution in [0.4, 0.5) is 0 Å². The number of carbonyl (C=O) groups excluding carboxylic acids is 1. The summed E-state index contributed by atoms with van der Waals surface area (Å²) in [5.41, 5.74) is 0.122.